The lowest BCUT2D eigenvalue weighted by Gasteiger charge is -2.29. The number of halogens is 1. The summed E-state index contributed by atoms with van der Waals surface area (Å²) >= 11 is 0. The molecule has 1 atom stereocenters. The predicted molar refractivity (Wildman–Crippen MR) is 89.2 cm³/mol. The second-order valence-corrected chi connectivity index (χ2v) is 5.69. The van der Waals surface area contributed by atoms with Crippen molar-refractivity contribution < 1.29 is 19.1 Å². The fourth-order valence-electron chi connectivity index (χ4n) is 2.64. The van der Waals surface area contributed by atoms with Crippen molar-refractivity contribution in [2.45, 2.75) is 25.2 Å². The molecule has 0 aliphatic rings. The standard InChI is InChI=1S/C19H20FNO3/c1-2-19(18(23)24,15-6-4-3-5-7-15)13-21-17(22)12-14-8-10-16(20)11-9-14/h3-11H,2,12-13H2,1H3,(H,21,22)(H,23,24). The summed E-state index contributed by atoms with van der Waals surface area (Å²) < 4.78 is 12.9. The van der Waals surface area contributed by atoms with Crippen molar-refractivity contribution in [3.63, 3.8) is 0 Å². The first-order valence-corrected chi connectivity index (χ1v) is 7.78. The Morgan fingerprint density at radius 2 is 1.71 bits per heavy atom. The molecular formula is C19H20FNO3. The summed E-state index contributed by atoms with van der Waals surface area (Å²) in [5.41, 5.74) is 0.160. The highest BCUT2D eigenvalue weighted by Crippen LogP contribution is 2.27. The number of hydrogen-bond acceptors (Lipinski definition) is 2. The predicted octanol–water partition coefficient (Wildman–Crippen LogP) is 2.92. The van der Waals surface area contributed by atoms with Crippen molar-refractivity contribution in [3.05, 3.63) is 71.5 Å². The van der Waals surface area contributed by atoms with Gasteiger partial charge in [-0.2, -0.15) is 0 Å². The molecule has 0 radical (unpaired) electrons. The molecule has 0 bridgehead atoms. The van der Waals surface area contributed by atoms with E-state index in [9.17, 15) is 19.1 Å². The SMILES string of the molecule is CCC(CNC(=O)Cc1ccc(F)cc1)(C(=O)O)c1ccccc1. The van der Waals surface area contributed by atoms with Gasteiger partial charge in [-0.1, -0.05) is 49.4 Å². The van der Waals surface area contributed by atoms with E-state index in [-0.39, 0.29) is 24.7 Å². The van der Waals surface area contributed by atoms with Crippen molar-refractivity contribution in [2.24, 2.45) is 0 Å². The molecule has 1 unspecified atom stereocenters. The highest BCUT2D eigenvalue weighted by molar-refractivity contribution is 5.84. The zero-order valence-corrected chi connectivity index (χ0v) is 13.5. The zero-order chi connectivity index (χ0) is 17.6. The lowest BCUT2D eigenvalue weighted by Crippen LogP contribution is -2.46. The van der Waals surface area contributed by atoms with Gasteiger partial charge in [0.2, 0.25) is 5.91 Å². The van der Waals surface area contributed by atoms with Crippen LogP contribution in [0, 0.1) is 5.82 Å². The largest absolute Gasteiger partial charge is 0.481 e. The first kappa shape index (κ1) is 17.7. The Kier molecular flexibility index (Phi) is 5.68. The first-order valence-electron chi connectivity index (χ1n) is 7.78. The van der Waals surface area contributed by atoms with E-state index < -0.39 is 11.4 Å². The topological polar surface area (TPSA) is 66.4 Å². The number of nitrogens with one attached hydrogen (secondary N) is 1. The summed E-state index contributed by atoms with van der Waals surface area (Å²) in [5, 5.41) is 12.4. The summed E-state index contributed by atoms with van der Waals surface area (Å²) in [6.45, 7) is 1.79. The number of rotatable bonds is 7. The summed E-state index contributed by atoms with van der Waals surface area (Å²) in [6, 6.07) is 14.5. The molecule has 1 amide bonds. The van der Waals surface area contributed by atoms with E-state index in [0.29, 0.717) is 17.5 Å². The van der Waals surface area contributed by atoms with E-state index in [0.717, 1.165) is 0 Å². The van der Waals surface area contributed by atoms with Gasteiger partial charge in [-0.15, -0.1) is 0 Å². The third-order valence-electron chi connectivity index (χ3n) is 4.20. The number of carbonyl (C=O) groups excluding carboxylic acids is 1. The lowest BCUT2D eigenvalue weighted by molar-refractivity contribution is -0.144. The summed E-state index contributed by atoms with van der Waals surface area (Å²) in [5.74, 6) is -1.63. The Balaban J connectivity index is 2.09. The molecule has 2 aromatic carbocycles. The van der Waals surface area contributed by atoms with E-state index in [2.05, 4.69) is 5.32 Å². The Morgan fingerprint density at radius 1 is 1.08 bits per heavy atom. The molecule has 126 valence electrons. The van der Waals surface area contributed by atoms with Gasteiger partial charge in [0, 0.05) is 6.54 Å². The van der Waals surface area contributed by atoms with Crippen LogP contribution in [0.2, 0.25) is 0 Å². The third kappa shape index (κ3) is 3.98. The minimum absolute atomic E-state index is 0.00285. The van der Waals surface area contributed by atoms with Crippen LogP contribution in [-0.2, 0) is 21.4 Å². The molecule has 0 heterocycles. The highest BCUT2D eigenvalue weighted by Gasteiger charge is 2.38. The minimum atomic E-state index is -1.17. The number of carboxylic acid groups (broad SMARTS) is 1. The zero-order valence-electron chi connectivity index (χ0n) is 13.5. The highest BCUT2D eigenvalue weighted by atomic mass is 19.1. The lowest BCUT2D eigenvalue weighted by atomic mass is 9.78. The maximum atomic E-state index is 12.9. The molecule has 0 saturated carbocycles. The molecule has 2 rings (SSSR count). The number of amides is 1. The smallest absolute Gasteiger partial charge is 0.315 e. The molecule has 0 saturated heterocycles. The van der Waals surface area contributed by atoms with Crippen LogP contribution < -0.4 is 5.32 Å². The van der Waals surface area contributed by atoms with Gasteiger partial charge in [0.05, 0.1) is 6.42 Å². The van der Waals surface area contributed by atoms with E-state index in [4.69, 9.17) is 0 Å². The van der Waals surface area contributed by atoms with Crippen LogP contribution in [0.3, 0.4) is 0 Å². The fraction of sp³-hybridized carbons (Fsp3) is 0.263. The van der Waals surface area contributed by atoms with Gasteiger partial charge in [0.1, 0.15) is 11.2 Å². The first-order chi connectivity index (χ1) is 11.5. The van der Waals surface area contributed by atoms with Crippen LogP contribution in [0.4, 0.5) is 4.39 Å². The van der Waals surface area contributed by atoms with Crippen LogP contribution in [0.25, 0.3) is 0 Å². The number of carboxylic acids is 1. The van der Waals surface area contributed by atoms with Crippen LogP contribution in [0.1, 0.15) is 24.5 Å². The monoisotopic (exact) mass is 329 g/mol. The van der Waals surface area contributed by atoms with Gasteiger partial charge in [-0.05, 0) is 29.7 Å². The molecule has 24 heavy (non-hydrogen) atoms. The van der Waals surface area contributed by atoms with Crippen molar-refractivity contribution >= 4 is 11.9 Å². The Bertz CT molecular complexity index is 700. The summed E-state index contributed by atoms with van der Waals surface area (Å²) in [4.78, 5) is 24.0. The second-order valence-electron chi connectivity index (χ2n) is 5.69. The maximum absolute atomic E-state index is 12.9. The van der Waals surface area contributed by atoms with Crippen LogP contribution in [0.15, 0.2) is 54.6 Å². The number of benzene rings is 2. The Hall–Kier alpha value is -2.69. The van der Waals surface area contributed by atoms with Crippen molar-refractivity contribution in [1.82, 2.24) is 5.32 Å². The average Bonchev–Trinajstić information content (AvgIpc) is 2.58. The molecule has 2 N–H and O–H groups in total. The van der Waals surface area contributed by atoms with Gasteiger partial charge in [0.15, 0.2) is 0 Å². The summed E-state index contributed by atoms with van der Waals surface area (Å²) in [6.07, 6.45) is 0.428. The average molecular weight is 329 g/mol. The van der Waals surface area contributed by atoms with Gasteiger partial charge >= 0.3 is 5.97 Å². The van der Waals surface area contributed by atoms with Gasteiger partial charge in [-0.25, -0.2) is 4.39 Å². The summed E-state index contributed by atoms with van der Waals surface area (Å²) in [7, 11) is 0. The van der Waals surface area contributed by atoms with Crippen molar-refractivity contribution in [3.8, 4) is 0 Å². The molecule has 4 nitrogen and oxygen atoms in total. The fourth-order valence-corrected chi connectivity index (χ4v) is 2.64. The molecule has 2 aromatic rings. The van der Waals surface area contributed by atoms with Crippen molar-refractivity contribution in [2.75, 3.05) is 6.54 Å². The molecular weight excluding hydrogens is 309 g/mol. The van der Waals surface area contributed by atoms with E-state index in [1.165, 1.54) is 24.3 Å². The van der Waals surface area contributed by atoms with E-state index in [1.54, 1.807) is 31.2 Å². The molecule has 0 fully saturated rings. The molecule has 0 aliphatic heterocycles. The maximum Gasteiger partial charge on any atom is 0.315 e. The molecule has 0 aliphatic carbocycles. The molecule has 0 aromatic heterocycles. The number of carbonyl (C=O) groups is 2. The van der Waals surface area contributed by atoms with Crippen molar-refractivity contribution in [1.29, 1.82) is 0 Å². The normalized spacial score (nSPS) is 13.1. The number of hydrogen-bond donors (Lipinski definition) is 2. The van der Waals surface area contributed by atoms with Crippen LogP contribution in [-0.4, -0.2) is 23.5 Å². The molecule has 0 spiro atoms. The Labute approximate surface area is 140 Å². The van der Waals surface area contributed by atoms with E-state index >= 15 is 0 Å². The van der Waals surface area contributed by atoms with Gasteiger partial charge < -0.3 is 10.4 Å². The van der Waals surface area contributed by atoms with Gasteiger partial charge in [-0.3, -0.25) is 9.59 Å². The van der Waals surface area contributed by atoms with Crippen LogP contribution in [0.5, 0.6) is 0 Å². The van der Waals surface area contributed by atoms with E-state index in [1.807, 2.05) is 6.07 Å². The third-order valence-corrected chi connectivity index (χ3v) is 4.20. The Morgan fingerprint density at radius 3 is 2.25 bits per heavy atom. The van der Waals surface area contributed by atoms with Crippen LogP contribution >= 0.6 is 0 Å². The number of aliphatic carboxylic acids is 1. The quantitative estimate of drug-likeness (QED) is 0.821. The minimum Gasteiger partial charge on any atom is -0.481 e. The molecule has 5 heteroatoms. The second kappa shape index (κ2) is 7.73. The van der Waals surface area contributed by atoms with Gasteiger partial charge in [0.25, 0.3) is 0 Å².